The largest absolute Gasteiger partial charge is 0.429 e. The molecule has 0 aliphatic heterocycles. The third-order valence-corrected chi connectivity index (χ3v) is 3.94. The number of rotatable bonds is 4. The number of hydrogen-bond donors (Lipinski definition) is 0. The van der Waals surface area contributed by atoms with E-state index in [-0.39, 0.29) is 16.7 Å². The molecule has 27 heavy (non-hydrogen) atoms. The first kappa shape index (κ1) is 18.8. The average Bonchev–Trinajstić information content (AvgIpc) is 2.63. The second kappa shape index (κ2) is 6.98. The molecule has 3 aromatic rings. The maximum absolute atomic E-state index is 14.2. The van der Waals surface area contributed by atoms with Crippen molar-refractivity contribution in [3.05, 3.63) is 89.0 Å². The fraction of sp³-hybridized carbons (Fsp3) is 0.100. The highest BCUT2D eigenvalue weighted by Gasteiger charge is 2.34. The van der Waals surface area contributed by atoms with Gasteiger partial charge in [-0.1, -0.05) is 24.3 Å². The van der Waals surface area contributed by atoms with Crippen LogP contribution in [0, 0.1) is 30.2 Å². The zero-order valence-electron chi connectivity index (χ0n) is 13.9. The van der Waals surface area contributed by atoms with Crippen molar-refractivity contribution in [2.24, 2.45) is 0 Å². The summed E-state index contributed by atoms with van der Waals surface area (Å²) < 4.78 is 86.6. The highest BCUT2D eigenvalue weighted by atomic mass is 19.3. The van der Waals surface area contributed by atoms with Crippen molar-refractivity contribution in [3.63, 3.8) is 0 Å². The van der Waals surface area contributed by atoms with E-state index in [9.17, 15) is 26.3 Å². The first-order valence-electron chi connectivity index (χ1n) is 7.76. The molecular weight excluding hydrogens is 370 g/mol. The molecule has 0 aromatic heterocycles. The maximum Gasteiger partial charge on any atom is 0.426 e. The zero-order valence-corrected chi connectivity index (χ0v) is 13.9. The summed E-state index contributed by atoms with van der Waals surface area (Å²) in [6.07, 6.45) is -3.85. The first-order valence-corrected chi connectivity index (χ1v) is 7.76. The quantitative estimate of drug-likeness (QED) is 0.478. The summed E-state index contributed by atoms with van der Waals surface area (Å²) in [7, 11) is 0. The van der Waals surface area contributed by atoms with Gasteiger partial charge in [0.05, 0.1) is 5.56 Å². The lowest BCUT2D eigenvalue weighted by Crippen LogP contribution is -2.21. The van der Waals surface area contributed by atoms with E-state index in [4.69, 9.17) is 0 Å². The molecule has 0 saturated heterocycles. The molecule has 0 radical (unpaired) electrons. The van der Waals surface area contributed by atoms with Crippen molar-refractivity contribution in [3.8, 4) is 16.9 Å². The molecule has 0 N–H and O–H groups in total. The van der Waals surface area contributed by atoms with Crippen LogP contribution in [0.4, 0.5) is 26.3 Å². The highest BCUT2D eigenvalue weighted by molar-refractivity contribution is 5.65. The Morgan fingerprint density at radius 2 is 1.41 bits per heavy atom. The van der Waals surface area contributed by atoms with E-state index in [1.807, 2.05) is 0 Å². The molecule has 0 spiro atoms. The molecule has 3 rings (SSSR count). The number of halogens is 6. The van der Waals surface area contributed by atoms with Crippen molar-refractivity contribution in [2.75, 3.05) is 0 Å². The van der Waals surface area contributed by atoms with Crippen LogP contribution in [0.1, 0.15) is 11.1 Å². The van der Waals surface area contributed by atoms with Crippen molar-refractivity contribution in [2.45, 2.75) is 13.0 Å². The monoisotopic (exact) mass is 382 g/mol. The SMILES string of the molecule is Cc1ccc(-c2ccc(C(F)(F)Oc3ccc(F)c(F)c3)cc2)c(F)c1F. The molecular formula is C20H12F6O. The third-order valence-electron chi connectivity index (χ3n) is 3.94. The van der Waals surface area contributed by atoms with Gasteiger partial charge in [0.2, 0.25) is 0 Å². The van der Waals surface area contributed by atoms with Gasteiger partial charge in [0.15, 0.2) is 23.3 Å². The Morgan fingerprint density at radius 1 is 0.741 bits per heavy atom. The van der Waals surface area contributed by atoms with Gasteiger partial charge < -0.3 is 4.74 Å². The van der Waals surface area contributed by atoms with Crippen molar-refractivity contribution >= 4 is 0 Å². The van der Waals surface area contributed by atoms with E-state index in [1.165, 1.54) is 31.2 Å². The lowest BCUT2D eigenvalue weighted by molar-refractivity contribution is -0.185. The molecule has 140 valence electrons. The topological polar surface area (TPSA) is 9.23 Å². The van der Waals surface area contributed by atoms with Crippen LogP contribution in [0.15, 0.2) is 54.6 Å². The van der Waals surface area contributed by atoms with Gasteiger partial charge in [0, 0.05) is 11.6 Å². The van der Waals surface area contributed by atoms with Crippen molar-refractivity contribution < 1.29 is 31.1 Å². The summed E-state index contributed by atoms with van der Waals surface area (Å²) in [5, 5.41) is 0. The molecule has 0 atom stereocenters. The van der Waals surface area contributed by atoms with Crippen molar-refractivity contribution in [1.82, 2.24) is 0 Å². The predicted molar refractivity (Wildman–Crippen MR) is 87.4 cm³/mol. The Kier molecular flexibility index (Phi) is 4.87. The summed E-state index contributed by atoms with van der Waals surface area (Å²) in [6, 6.07) is 9.09. The summed E-state index contributed by atoms with van der Waals surface area (Å²) in [5.41, 5.74) is -0.350. The minimum atomic E-state index is -3.85. The maximum atomic E-state index is 14.2. The lowest BCUT2D eigenvalue weighted by Gasteiger charge is -2.18. The number of alkyl halides is 2. The van der Waals surface area contributed by atoms with Gasteiger partial charge in [-0.15, -0.1) is 0 Å². The number of aryl methyl sites for hydroxylation is 1. The van der Waals surface area contributed by atoms with E-state index in [2.05, 4.69) is 4.74 Å². The molecule has 0 unspecified atom stereocenters. The Balaban J connectivity index is 1.87. The van der Waals surface area contributed by atoms with Gasteiger partial charge in [-0.3, -0.25) is 0 Å². The molecule has 0 amide bonds. The molecule has 0 saturated carbocycles. The fourth-order valence-electron chi connectivity index (χ4n) is 2.46. The smallest absolute Gasteiger partial charge is 0.426 e. The predicted octanol–water partition coefficient (Wildman–Crippen LogP) is 6.35. The van der Waals surface area contributed by atoms with Gasteiger partial charge >= 0.3 is 6.11 Å². The minimum absolute atomic E-state index is 0.0745. The summed E-state index contributed by atoms with van der Waals surface area (Å²) in [4.78, 5) is 0. The minimum Gasteiger partial charge on any atom is -0.429 e. The van der Waals surface area contributed by atoms with E-state index in [0.717, 1.165) is 18.2 Å². The van der Waals surface area contributed by atoms with Crippen molar-refractivity contribution in [1.29, 1.82) is 0 Å². The lowest BCUT2D eigenvalue weighted by atomic mass is 10.0. The average molecular weight is 382 g/mol. The highest BCUT2D eigenvalue weighted by Crippen LogP contribution is 2.34. The number of ether oxygens (including phenoxy) is 1. The second-order valence-electron chi connectivity index (χ2n) is 5.83. The summed E-state index contributed by atoms with van der Waals surface area (Å²) >= 11 is 0. The molecule has 0 aliphatic carbocycles. The van der Waals surface area contributed by atoms with Crippen LogP contribution in [0.3, 0.4) is 0 Å². The molecule has 0 fully saturated rings. The van der Waals surface area contributed by atoms with Crippen LogP contribution in [-0.2, 0) is 6.11 Å². The van der Waals surface area contributed by atoms with Gasteiger partial charge in [-0.25, -0.2) is 17.6 Å². The summed E-state index contributed by atoms with van der Waals surface area (Å²) in [5.74, 6) is -5.16. The zero-order chi connectivity index (χ0) is 19.8. The first-order chi connectivity index (χ1) is 12.7. The van der Waals surface area contributed by atoms with Crippen LogP contribution >= 0.6 is 0 Å². The van der Waals surface area contributed by atoms with Crippen LogP contribution in [-0.4, -0.2) is 0 Å². The Labute approximate surface area is 150 Å². The van der Waals surface area contributed by atoms with Gasteiger partial charge in [0.1, 0.15) is 5.75 Å². The molecule has 0 aliphatic rings. The second-order valence-corrected chi connectivity index (χ2v) is 5.83. The van der Waals surface area contributed by atoms with E-state index < -0.39 is 40.7 Å². The Morgan fingerprint density at radius 3 is 2.04 bits per heavy atom. The van der Waals surface area contributed by atoms with Gasteiger partial charge in [-0.2, -0.15) is 8.78 Å². The Bertz CT molecular complexity index is 983. The number of hydrogen-bond acceptors (Lipinski definition) is 1. The van der Waals surface area contributed by atoms with Crippen LogP contribution < -0.4 is 4.74 Å². The van der Waals surface area contributed by atoms with E-state index >= 15 is 0 Å². The van der Waals surface area contributed by atoms with Crippen LogP contribution in [0.25, 0.3) is 11.1 Å². The Hall–Kier alpha value is -2.96. The fourth-order valence-corrected chi connectivity index (χ4v) is 2.46. The molecule has 0 heterocycles. The molecule has 1 nitrogen and oxygen atoms in total. The normalized spacial score (nSPS) is 11.5. The van der Waals surface area contributed by atoms with Crippen LogP contribution in [0.2, 0.25) is 0 Å². The van der Waals surface area contributed by atoms with Gasteiger partial charge in [0.25, 0.3) is 0 Å². The molecule has 3 aromatic carbocycles. The van der Waals surface area contributed by atoms with Gasteiger partial charge in [-0.05, 0) is 42.3 Å². The third kappa shape index (κ3) is 3.77. The summed E-state index contributed by atoms with van der Waals surface area (Å²) in [6.45, 7) is 1.40. The van der Waals surface area contributed by atoms with E-state index in [1.54, 1.807) is 0 Å². The molecule has 0 bridgehead atoms. The van der Waals surface area contributed by atoms with E-state index in [0.29, 0.717) is 12.1 Å². The molecule has 7 heteroatoms. The standard InChI is InChI=1S/C20H12F6O/c1-11-2-8-15(19(24)18(11)23)12-3-5-13(6-4-12)20(25,26)27-14-7-9-16(21)17(22)10-14/h2-10H,1H3. The number of benzene rings is 3. The van der Waals surface area contributed by atoms with Crippen LogP contribution in [0.5, 0.6) is 5.75 Å².